The number of amides is 1. The molecule has 0 atom stereocenters. The third kappa shape index (κ3) is 5.45. The van der Waals surface area contributed by atoms with Gasteiger partial charge in [-0.2, -0.15) is 0 Å². The summed E-state index contributed by atoms with van der Waals surface area (Å²) in [6.45, 7) is 12.3. The summed E-state index contributed by atoms with van der Waals surface area (Å²) in [7, 11) is 0. The molecule has 4 heteroatoms. The van der Waals surface area contributed by atoms with Crippen LogP contribution in [0.2, 0.25) is 0 Å². The molecule has 0 heterocycles. The van der Waals surface area contributed by atoms with Gasteiger partial charge in [0.2, 0.25) is 5.91 Å². The SMILES string of the molecule is C=C(C)COc1ccccc1NC(=O)CN(CC)CC. The summed E-state index contributed by atoms with van der Waals surface area (Å²) < 4.78 is 5.63. The van der Waals surface area contributed by atoms with Crippen LogP contribution < -0.4 is 10.1 Å². The smallest absolute Gasteiger partial charge is 0.238 e. The number of likely N-dealkylation sites (N-methyl/N-ethyl adjacent to an activating group) is 1. The fourth-order valence-corrected chi connectivity index (χ4v) is 1.74. The molecule has 1 aromatic rings. The Labute approximate surface area is 121 Å². The van der Waals surface area contributed by atoms with E-state index in [0.29, 0.717) is 24.6 Å². The second kappa shape index (κ2) is 8.38. The van der Waals surface area contributed by atoms with Gasteiger partial charge >= 0.3 is 0 Å². The van der Waals surface area contributed by atoms with E-state index < -0.39 is 0 Å². The summed E-state index contributed by atoms with van der Waals surface area (Å²) in [5.41, 5.74) is 1.64. The molecular weight excluding hydrogens is 252 g/mol. The van der Waals surface area contributed by atoms with Crippen molar-refractivity contribution in [2.45, 2.75) is 20.8 Å². The quantitative estimate of drug-likeness (QED) is 0.742. The Bertz CT molecular complexity index is 454. The summed E-state index contributed by atoms with van der Waals surface area (Å²) in [5, 5.41) is 2.90. The van der Waals surface area contributed by atoms with Crippen LogP contribution in [0.15, 0.2) is 36.4 Å². The molecule has 0 aliphatic carbocycles. The molecule has 0 aliphatic rings. The molecule has 0 fully saturated rings. The summed E-state index contributed by atoms with van der Waals surface area (Å²) in [6.07, 6.45) is 0. The summed E-state index contributed by atoms with van der Waals surface area (Å²) in [5.74, 6) is 0.642. The molecule has 0 aliphatic heterocycles. The van der Waals surface area contributed by atoms with Gasteiger partial charge < -0.3 is 10.1 Å². The van der Waals surface area contributed by atoms with Crippen LogP contribution in [-0.2, 0) is 4.79 Å². The molecule has 1 rings (SSSR count). The van der Waals surface area contributed by atoms with Gasteiger partial charge in [0, 0.05) is 0 Å². The van der Waals surface area contributed by atoms with E-state index in [1.807, 2.05) is 45.0 Å². The van der Waals surface area contributed by atoms with Crippen LogP contribution in [0, 0.1) is 0 Å². The normalized spacial score (nSPS) is 10.4. The third-order valence-corrected chi connectivity index (χ3v) is 2.90. The minimum absolute atomic E-state index is 0.0277. The Hall–Kier alpha value is -1.81. The average molecular weight is 276 g/mol. The molecule has 0 unspecified atom stereocenters. The van der Waals surface area contributed by atoms with Gasteiger partial charge in [0.1, 0.15) is 12.4 Å². The van der Waals surface area contributed by atoms with Crippen LogP contribution in [0.25, 0.3) is 0 Å². The first-order chi connectivity index (χ1) is 9.56. The molecule has 0 bridgehead atoms. The first-order valence-electron chi connectivity index (χ1n) is 6.95. The number of nitrogens with zero attached hydrogens (tertiary/aromatic N) is 1. The highest BCUT2D eigenvalue weighted by Crippen LogP contribution is 2.24. The number of para-hydroxylation sites is 2. The molecule has 0 spiro atoms. The largest absolute Gasteiger partial charge is 0.487 e. The van der Waals surface area contributed by atoms with Crippen molar-refractivity contribution in [1.82, 2.24) is 4.90 Å². The van der Waals surface area contributed by atoms with Crippen LogP contribution in [0.1, 0.15) is 20.8 Å². The van der Waals surface area contributed by atoms with Crippen molar-refractivity contribution in [2.24, 2.45) is 0 Å². The molecule has 0 saturated carbocycles. The van der Waals surface area contributed by atoms with Gasteiger partial charge in [0.05, 0.1) is 12.2 Å². The molecule has 0 radical (unpaired) electrons. The standard InChI is InChI=1S/C16H24N2O2/c1-5-18(6-2)11-16(19)17-14-9-7-8-10-15(14)20-12-13(3)4/h7-10H,3,5-6,11-12H2,1-2,4H3,(H,17,19). The van der Waals surface area contributed by atoms with Gasteiger partial charge in [0.15, 0.2) is 0 Å². The highest BCUT2D eigenvalue weighted by atomic mass is 16.5. The molecule has 20 heavy (non-hydrogen) atoms. The molecule has 1 N–H and O–H groups in total. The maximum Gasteiger partial charge on any atom is 0.238 e. The summed E-state index contributed by atoms with van der Waals surface area (Å²) >= 11 is 0. The predicted octanol–water partition coefficient (Wildman–Crippen LogP) is 2.92. The van der Waals surface area contributed by atoms with Crippen molar-refractivity contribution < 1.29 is 9.53 Å². The second-order valence-corrected chi connectivity index (χ2v) is 4.75. The monoisotopic (exact) mass is 276 g/mol. The van der Waals surface area contributed by atoms with E-state index in [-0.39, 0.29) is 5.91 Å². The van der Waals surface area contributed by atoms with Crippen molar-refractivity contribution in [3.8, 4) is 5.75 Å². The maximum absolute atomic E-state index is 12.0. The van der Waals surface area contributed by atoms with Gasteiger partial charge in [0.25, 0.3) is 0 Å². The lowest BCUT2D eigenvalue weighted by atomic mass is 10.3. The summed E-state index contributed by atoms with van der Waals surface area (Å²) in [4.78, 5) is 14.1. The summed E-state index contributed by atoms with van der Waals surface area (Å²) in [6, 6.07) is 7.44. The number of benzene rings is 1. The first-order valence-corrected chi connectivity index (χ1v) is 6.95. The van der Waals surface area contributed by atoms with Crippen LogP contribution in [0.3, 0.4) is 0 Å². The van der Waals surface area contributed by atoms with Crippen LogP contribution in [-0.4, -0.2) is 37.0 Å². The number of hydrogen-bond acceptors (Lipinski definition) is 3. The van der Waals surface area contributed by atoms with E-state index in [2.05, 4.69) is 16.8 Å². The Morgan fingerprint density at radius 1 is 1.30 bits per heavy atom. The predicted molar refractivity (Wildman–Crippen MR) is 83.2 cm³/mol. The van der Waals surface area contributed by atoms with E-state index >= 15 is 0 Å². The number of nitrogens with one attached hydrogen (secondary N) is 1. The van der Waals surface area contributed by atoms with Crippen molar-refractivity contribution in [3.63, 3.8) is 0 Å². The van der Waals surface area contributed by atoms with E-state index in [1.54, 1.807) is 0 Å². The number of carbonyl (C=O) groups excluding carboxylic acids is 1. The molecule has 0 saturated heterocycles. The van der Waals surface area contributed by atoms with Gasteiger partial charge in [-0.05, 0) is 37.7 Å². The topological polar surface area (TPSA) is 41.6 Å². The van der Waals surface area contributed by atoms with E-state index in [1.165, 1.54) is 0 Å². The molecular formula is C16H24N2O2. The molecule has 4 nitrogen and oxygen atoms in total. The minimum atomic E-state index is -0.0277. The van der Waals surface area contributed by atoms with Gasteiger partial charge in [-0.15, -0.1) is 0 Å². The van der Waals surface area contributed by atoms with E-state index in [0.717, 1.165) is 18.7 Å². The lowest BCUT2D eigenvalue weighted by molar-refractivity contribution is -0.117. The lowest BCUT2D eigenvalue weighted by Gasteiger charge is -2.18. The fourth-order valence-electron chi connectivity index (χ4n) is 1.74. The minimum Gasteiger partial charge on any atom is -0.487 e. The van der Waals surface area contributed by atoms with Crippen molar-refractivity contribution in [3.05, 3.63) is 36.4 Å². The zero-order valence-electron chi connectivity index (χ0n) is 12.6. The number of hydrogen-bond donors (Lipinski definition) is 1. The second-order valence-electron chi connectivity index (χ2n) is 4.75. The molecule has 0 aromatic heterocycles. The highest BCUT2D eigenvalue weighted by molar-refractivity contribution is 5.93. The number of carbonyl (C=O) groups is 1. The van der Waals surface area contributed by atoms with Gasteiger partial charge in [-0.3, -0.25) is 9.69 Å². The van der Waals surface area contributed by atoms with Crippen molar-refractivity contribution in [2.75, 3.05) is 31.6 Å². The first kappa shape index (κ1) is 16.2. The molecule has 110 valence electrons. The van der Waals surface area contributed by atoms with Crippen LogP contribution in [0.4, 0.5) is 5.69 Å². The van der Waals surface area contributed by atoms with Crippen LogP contribution in [0.5, 0.6) is 5.75 Å². The Balaban J connectivity index is 2.66. The third-order valence-electron chi connectivity index (χ3n) is 2.90. The van der Waals surface area contributed by atoms with Crippen molar-refractivity contribution >= 4 is 11.6 Å². The molecule has 1 aromatic carbocycles. The molecule has 1 amide bonds. The zero-order chi connectivity index (χ0) is 15.0. The number of rotatable bonds is 8. The van der Waals surface area contributed by atoms with Gasteiger partial charge in [-0.1, -0.05) is 32.6 Å². The fraction of sp³-hybridized carbons (Fsp3) is 0.438. The van der Waals surface area contributed by atoms with Crippen molar-refractivity contribution in [1.29, 1.82) is 0 Å². The Morgan fingerprint density at radius 2 is 1.95 bits per heavy atom. The van der Waals surface area contributed by atoms with Gasteiger partial charge in [-0.25, -0.2) is 0 Å². The Kier molecular flexibility index (Phi) is 6.81. The highest BCUT2D eigenvalue weighted by Gasteiger charge is 2.10. The van der Waals surface area contributed by atoms with Crippen LogP contribution >= 0.6 is 0 Å². The van der Waals surface area contributed by atoms with E-state index in [9.17, 15) is 4.79 Å². The average Bonchev–Trinajstić information content (AvgIpc) is 2.43. The maximum atomic E-state index is 12.0. The number of ether oxygens (including phenoxy) is 1. The zero-order valence-corrected chi connectivity index (χ0v) is 12.6. The van der Waals surface area contributed by atoms with E-state index in [4.69, 9.17) is 4.74 Å². The Morgan fingerprint density at radius 3 is 2.55 bits per heavy atom. The lowest BCUT2D eigenvalue weighted by Crippen LogP contribution is -2.33. The number of anilines is 1.